The monoisotopic (exact) mass is 562 g/mol. The first-order valence-electron chi connectivity index (χ1n) is 14.6. The summed E-state index contributed by atoms with van der Waals surface area (Å²) in [6.45, 7) is 10.4. The Balaban J connectivity index is 2.34. The van der Waals surface area contributed by atoms with Crippen molar-refractivity contribution in [1.82, 2.24) is 0 Å². The lowest BCUT2D eigenvalue weighted by atomic mass is 10.1. The van der Waals surface area contributed by atoms with Gasteiger partial charge in [-0.1, -0.05) is 102 Å². The van der Waals surface area contributed by atoms with E-state index in [0.717, 1.165) is 55.1 Å². The molecule has 0 aliphatic rings. The zero-order valence-corrected chi connectivity index (χ0v) is 25.8. The summed E-state index contributed by atoms with van der Waals surface area (Å²) in [5.74, 6) is 2.11. The highest BCUT2D eigenvalue weighted by atomic mass is 35.5. The van der Waals surface area contributed by atoms with E-state index >= 15 is 0 Å². The average molecular weight is 563 g/mol. The fraction of sp³-hybridized carbons (Fsp3) is 0.594. The van der Waals surface area contributed by atoms with Crippen molar-refractivity contribution in [3.63, 3.8) is 0 Å². The Bertz CT molecular complexity index is 907. The van der Waals surface area contributed by atoms with Gasteiger partial charge in [0.2, 0.25) is 0 Å². The van der Waals surface area contributed by atoms with Crippen LogP contribution in [-0.2, 0) is 0 Å². The Morgan fingerprint density at radius 1 is 0.737 bits per heavy atom. The summed E-state index contributed by atoms with van der Waals surface area (Å²) in [6.07, 6.45) is 13.5. The van der Waals surface area contributed by atoms with E-state index in [4.69, 9.17) is 25.8 Å². The van der Waals surface area contributed by atoms with Gasteiger partial charge in [-0.3, -0.25) is 4.79 Å². The van der Waals surface area contributed by atoms with Crippen molar-refractivity contribution in [3.8, 4) is 17.2 Å². The van der Waals surface area contributed by atoms with Crippen molar-refractivity contribution in [3.05, 3.63) is 46.5 Å². The van der Waals surface area contributed by atoms with Crippen molar-refractivity contribution in [1.29, 1.82) is 0 Å². The fourth-order valence-corrected chi connectivity index (χ4v) is 5.84. The quantitative estimate of drug-likeness (QED) is 0.112. The van der Waals surface area contributed by atoms with Crippen LogP contribution in [0.4, 0.5) is 0 Å². The molecule has 4 nitrogen and oxygen atoms in total. The van der Waals surface area contributed by atoms with Gasteiger partial charge in [0, 0.05) is 17.7 Å². The molecule has 0 N–H and O–H groups in total. The predicted molar refractivity (Wildman–Crippen MR) is 164 cm³/mol. The van der Waals surface area contributed by atoms with Crippen LogP contribution in [0.5, 0.6) is 17.2 Å². The molecule has 0 heterocycles. The van der Waals surface area contributed by atoms with E-state index in [-0.39, 0.29) is 14.1 Å². The minimum absolute atomic E-state index is 0.00648. The summed E-state index contributed by atoms with van der Waals surface area (Å²) in [6, 6.07) is 9.46. The average Bonchev–Trinajstić information content (AvgIpc) is 2.89. The highest BCUT2D eigenvalue weighted by Crippen LogP contribution is 2.36. The van der Waals surface area contributed by atoms with E-state index < -0.39 is 0 Å². The molecule has 0 fully saturated rings. The highest BCUT2D eigenvalue weighted by molar-refractivity contribution is 7.66. The van der Waals surface area contributed by atoms with Crippen molar-refractivity contribution in [2.75, 3.05) is 19.8 Å². The molecule has 2 aromatic carbocycles. The Kier molecular flexibility index (Phi) is 16.5. The maximum Gasteiger partial charge on any atom is 0.187 e. The van der Waals surface area contributed by atoms with Gasteiger partial charge in [0.1, 0.15) is 17.2 Å². The summed E-state index contributed by atoms with van der Waals surface area (Å²) in [5.41, 5.74) is 1.45. The maximum atomic E-state index is 13.5. The first kappa shape index (κ1) is 32.4. The molecule has 2 aromatic rings. The molecule has 1 unspecified atom stereocenters. The van der Waals surface area contributed by atoms with Crippen LogP contribution < -0.4 is 19.5 Å². The second kappa shape index (κ2) is 19.3. The molecule has 0 aliphatic carbocycles. The van der Waals surface area contributed by atoms with Crippen molar-refractivity contribution in [2.24, 2.45) is 0 Å². The molecule has 0 bridgehead atoms. The van der Waals surface area contributed by atoms with Gasteiger partial charge in [-0.2, -0.15) is 0 Å². The minimum atomic E-state index is -0.160. The summed E-state index contributed by atoms with van der Waals surface area (Å²) < 4.78 is 18.8. The number of halogens is 1. The van der Waals surface area contributed by atoms with Gasteiger partial charge in [-0.25, -0.2) is 0 Å². The van der Waals surface area contributed by atoms with Crippen LogP contribution in [0.3, 0.4) is 0 Å². The second-order valence-electron chi connectivity index (χ2n) is 9.91. The van der Waals surface area contributed by atoms with E-state index in [1.165, 1.54) is 38.5 Å². The number of aryl methyl sites for hydroxylation is 1. The zero-order chi connectivity index (χ0) is 27.6. The number of ether oxygens (including phenoxy) is 3. The Hall–Kier alpha value is -1.77. The lowest BCUT2D eigenvalue weighted by molar-refractivity contribution is 0.108. The SMILES string of the molecule is CCCCCCOc1cc(OCCCCCC)c(PC(=O)c2c(C)cccc2Cl)c(OCCCCCC)c1. The van der Waals surface area contributed by atoms with Crippen LogP contribution in [0.25, 0.3) is 0 Å². The molecule has 6 heteroatoms. The maximum absolute atomic E-state index is 13.5. The molecule has 2 rings (SSSR count). The second-order valence-corrected chi connectivity index (χ2v) is 11.5. The first-order valence-corrected chi connectivity index (χ1v) is 16.0. The van der Waals surface area contributed by atoms with Gasteiger partial charge in [-0.15, -0.1) is 0 Å². The molecule has 38 heavy (non-hydrogen) atoms. The topological polar surface area (TPSA) is 44.8 Å². The summed E-state index contributed by atoms with van der Waals surface area (Å²) >= 11 is 6.45. The lowest BCUT2D eigenvalue weighted by Gasteiger charge is -2.19. The smallest absolute Gasteiger partial charge is 0.187 e. The zero-order valence-electron chi connectivity index (χ0n) is 24.0. The molecule has 212 valence electrons. The van der Waals surface area contributed by atoms with Crippen LogP contribution in [0.2, 0.25) is 5.02 Å². The van der Waals surface area contributed by atoms with Gasteiger partial charge in [0.05, 0.1) is 30.1 Å². The third-order valence-electron chi connectivity index (χ3n) is 6.50. The molecule has 0 radical (unpaired) electrons. The van der Waals surface area contributed by atoms with Crippen LogP contribution >= 0.6 is 20.2 Å². The molecule has 0 aromatic heterocycles. The normalized spacial score (nSPS) is 11.3. The standard InChI is InChI=1S/C32H48ClO4P/c1-5-8-11-14-20-35-26-23-28(36-21-15-12-9-6-2)31(29(24-26)37-22-16-13-10-7-3)38-32(34)30-25(4)18-17-19-27(30)33/h17-19,23-24,38H,5-16,20-22H2,1-4H3. The van der Waals surface area contributed by atoms with Crippen LogP contribution in [0.15, 0.2) is 30.3 Å². The molecule has 0 aliphatic heterocycles. The third kappa shape index (κ3) is 11.5. The third-order valence-corrected chi connectivity index (χ3v) is 8.04. The summed E-state index contributed by atoms with van der Waals surface area (Å²) in [7, 11) is -0.160. The van der Waals surface area contributed by atoms with E-state index in [9.17, 15) is 4.79 Å². The molecule has 0 amide bonds. The molecule has 1 atom stereocenters. The van der Waals surface area contributed by atoms with Crippen LogP contribution in [0, 0.1) is 6.92 Å². The molecule has 0 saturated heterocycles. The van der Waals surface area contributed by atoms with E-state index in [1.807, 2.05) is 31.2 Å². The number of carbonyl (C=O) groups excluding carboxylic acids is 1. The van der Waals surface area contributed by atoms with Crippen molar-refractivity contribution < 1.29 is 19.0 Å². The van der Waals surface area contributed by atoms with Gasteiger partial charge >= 0.3 is 0 Å². The number of benzene rings is 2. The van der Waals surface area contributed by atoms with Gasteiger partial charge in [-0.05, 0) is 46.4 Å². The molecule has 0 spiro atoms. The Morgan fingerprint density at radius 2 is 1.24 bits per heavy atom. The first-order chi connectivity index (χ1) is 18.5. The van der Waals surface area contributed by atoms with Crippen molar-refractivity contribution in [2.45, 2.75) is 105 Å². The van der Waals surface area contributed by atoms with E-state index in [1.54, 1.807) is 6.07 Å². The van der Waals surface area contributed by atoms with E-state index in [0.29, 0.717) is 41.9 Å². The Morgan fingerprint density at radius 3 is 1.71 bits per heavy atom. The molecular formula is C32H48ClO4P. The minimum Gasteiger partial charge on any atom is -0.493 e. The number of carbonyl (C=O) groups is 1. The number of hydrogen-bond acceptors (Lipinski definition) is 4. The summed E-state index contributed by atoms with van der Waals surface area (Å²) in [4.78, 5) is 13.5. The van der Waals surface area contributed by atoms with Gasteiger partial charge in [0.15, 0.2) is 5.52 Å². The highest BCUT2D eigenvalue weighted by Gasteiger charge is 2.21. The number of rotatable bonds is 21. The summed E-state index contributed by atoms with van der Waals surface area (Å²) in [5, 5.41) is 1.29. The molecule has 0 saturated carbocycles. The van der Waals surface area contributed by atoms with Crippen LogP contribution in [-0.4, -0.2) is 25.3 Å². The number of hydrogen-bond donors (Lipinski definition) is 0. The number of unbranched alkanes of at least 4 members (excludes halogenated alkanes) is 9. The van der Waals surface area contributed by atoms with Gasteiger partial charge in [0.25, 0.3) is 0 Å². The van der Waals surface area contributed by atoms with Gasteiger partial charge < -0.3 is 14.2 Å². The van der Waals surface area contributed by atoms with Crippen molar-refractivity contribution >= 4 is 31.0 Å². The fourth-order valence-electron chi connectivity index (χ4n) is 4.24. The lowest BCUT2D eigenvalue weighted by Crippen LogP contribution is -2.14. The van der Waals surface area contributed by atoms with Crippen LogP contribution in [0.1, 0.15) is 114 Å². The van der Waals surface area contributed by atoms with E-state index in [2.05, 4.69) is 20.8 Å². The Labute approximate surface area is 238 Å². The molecular weight excluding hydrogens is 515 g/mol. The predicted octanol–water partition coefficient (Wildman–Crippen LogP) is 9.67. The largest absolute Gasteiger partial charge is 0.493 e.